The monoisotopic (exact) mass is 597 g/mol. The number of nitrogens with one attached hydrogen (secondary N) is 1. The Hall–Kier alpha value is -3.61. The van der Waals surface area contributed by atoms with Crippen molar-refractivity contribution >= 4 is 39.4 Å². The van der Waals surface area contributed by atoms with Crippen LogP contribution in [0.25, 0.3) is 6.08 Å². The third kappa shape index (κ3) is 5.83. The molecule has 2 aromatic rings. The lowest BCUT2D eigenvalue weighted by molar-refractivity contribution is -0.125. The van der Waals surface area contributed by atoms with Crippen molar-refractivity contribution in [2.45, 2.75) is 51.1 Å². The lowest BCUT2D eigenvalue weighted by Crippen LogP contribution is -2.50. The average Bonchev–Trinajstić information content (AvgIpc) is 3.46. The number of carbonyl (C=O) groups is 2. The van der Waals surface area contributed by atoms with Crippen LogP contribution in [-0.2, 0) is 19.6 Å². The van der Waals surface area contributed by atoms with Crippen LogP contribution in [0.5, 0.6) is 5.75 Å². The fourth-order valence-electron chi connectivity index (χ4n) is 6.08. The molecule has 2 fully saturated rings. The lowest BCUT2D eigenvalue weighted by Gasteiger charge is -2.34. The normalized spacial score (nSPS) is 21.0. The highest BCUT2D eigenvalue weighted by Crippen LogP contribution is 2.34. The Morgan fingerprint density at radius 1 is 1.14 bits per heavy atom. The van der Waals surface area contributed by atoms with E-state index in [9.17, 15) is 22.5 Å². The number of hydrogen-bond donors (Lipinski definition) is 1. The summed E-state index contributed by atoms with van der Waals surface area (Å²) in [5.74, 6) is 0.112. The maximum atomic E-state index is 13.3. The molecule has 1 N–H and O–H groups in total. The van der Waals surface area contributed by atoms with Crippen molar-refractivity contribution in [1.29, 1.82) is 0 Å². The molecule has 3 aliphatic heterocycles. The van der Waals surface area contributed by atoms with Gasteiger partial charge in [-0.15, -0.1) is 0 Å². The molecule has 224 valence electrons. The van der Waals surface area contributed by atoms with Gasteiger partial charge in [-0.2, -0.15) is 4.31 Å². The third-order valence-electron chi connectivity index (χ3n) is 8.25. The van der Waals surface area contributed by atoms with Crippen molar-refractivity contribution in [1.82, 2.24) is 14.5 Å². The Balaban J connectivity index is 1.29. The number of rotatable bonds is 8. The summed E-state index contributed by atoms with van der Waals surface area (Å²) in [4.78, 5) is 37.9. The summed E-state index contributed by atoms with van der Waals surface area (Å²) in [6.07, 6.45) is 3.37. The van der Waals surface area contributed by atoms with Crippen LogP contribution in [-0.4, -0.2) is 80.6 Å². The van der Waals surface area contributed by atoms with Gasteiger partial charge in [0, 0.05) is 47.2 Å². The molecule has 3 heterocycles. The maximum absolute atomic E-state index is 13.3. The predicted octanol–water partition coefficient (Wildman–Crippen LogP) is 3.34. The summed E-state index contributed by atoms with van der Waals surface area (Å²) < 4.78 is 40.6. The van der Waals surface area contributed by atoms with Gasteiger partial charge in [0.15, 0.2) is 5.75 Å². The van der Waals surface area contributed by atoms with E-state index in [1.807, 2.05) is 45.0 Å². The van der Waals surface area contributed by atoms with Gasteiger partial charge >= 0.3 is 0 Å². The van der Waals surface area contributed by atoms with Crippen LogP contribution in [0.1, 0.15) is 47.9 Å². The minimum atomic E-state index is -3.77. The first-order valence-corrected chi connectivity index (χ1v) is 15.5. The molecular weight excluding hydrogens is 561 g/mol. The molecule has 2 aromatic carbocycles. The molecule has 2 saturated heterocycles. The molecule has 0 aromatic heterocycles. The molecule has 10 nitrogen and oxygen atoms in total. The van der Waals surface area contributed by atoms with E-state index in [1.54, 1.807) is 18.2 Å². The molecule has 1 spiro atoms. The van der Waals surface area contributed by atoms with Crippen molar-refractivity contribution < 1.29 is 27.5 Å². The number of aliphatic imine (C=N–C) groups is 1. The van der Waals surface area contributed by atoms with E-state index in [1.165, 1.54) is 21.8 Å². The van der Waals surface area contributed by atoms with Gasteiger partial charge in [-0.05, 0) is 94.2 Å². The number of carbonyl (C=O) groups excluding carboxylic acids is 2. The molecule has 1 atom stereocenters. The second kappa shape index (κ2) is 11.6. The van der Waals surface area contributed by atoms with Crippen molar-refractivity contribution in [3.63, 3.8) is 0 Å². The van der Waals surface area contributed by atoms with Gasteiger partial charge in [0.1, 0.15) is 11.4 Å². The summed E-state index contributed by atoms with van der Waals surface area (Å²) in [6.45, 7) is 4.87. The van der Waals surface area contributed by atoms with E-state index < -0.39 is 15.6 Å². The Morgan fingerprint density at radius 3 is 2.48 bits per heavy atom. The number of nitrogens with zero attached hydrogens (tertiary/aromatic N) is 4. The first-order chi connectivity index (χ1) is 19.9. The zero-order valence-corrected chi connectivity index (χ0v) is 25.1. The van der Waals surface area contributed by atoms with Gasteiger partial charge < -0.3 is 15.1 Å². The Bertz CT molecular complexity index is 1540. The highest BCUT2D eigenvalue weighted by molar-refractivity contribution is 7.92. The van der Waals surface area contributed by atoms with Crippen molar-refractivity contribution in [3.8, 4) is 5.75 Å². The Kier molecular flexibility index (Phi) is 8.23. The Morgan fingerprint density at radius 2 is 1.83 bits per heavy atom. The average molecular weight is 598 g/mol. The molecule has 0 radical (unpaired) electrons. The lowest BCUT2D eigenvalue weighted by atomic mass is 9.89. The zero-order chi connectivity index (χ0) is 30.2. The fourth-order valence-corrected chi connectivity index (χ4v) is 7.25. The smallest absolute Gasteiger partial charge is 0.253 e. The van der Waals surface area contributed by atoms with E-state index >= 15 is 0 Å². The van der Waals surface area contributed by atoms with Crippen LogP contribution in [0, 0.1) is 13.8 Å². The molecule has 0 aliphatic carbocycles. The molecular formula is C30H36FN5O5S. The second-order valence-electron chi connectivity index (χ2n) is 11.5. The number of halogens is 1. The van der Waals surface area contributed by atoms with Crippen molar-refractivity contribution in [2.75, 3.05) is 38.6 Å². The van der Waals surface area contributed by atoms with Crippen molar-refractivity contribution in [3.05, 3.63) is 64.1 Å². The van der Waals surface area contributed by atoms with E-state index in [0.29, 0.717) is 17.8 Å². The number of sulfonamides is 1. The highest BCUT2D eigenvalue weighted by Gasteiger charge is 2.47. The summed E-state index contributed by atoms with van der Waals surface area (Å²) in [5, 5.41) is 3.97. The molecule has 5 rings (SSSR count). The topological polar surface area (TPSA) is 112 Å². The SMILES string of the molecule is Cc1cc(N2C(=O)CC[C@@H]2CN(C)C)cc(C)c1/C=C/S(=O)(=O)N1CCC2(CC1)N=C(c1cccc(OF)c1)NC2=O. The third-order valence-corrected chi connectivity index (χ3v) is 9.82. The van der Waals surface area contributed by atoms with Gasteiger partial charge in [0.05, 0.1) is 6.04 Å². The standard InChI is InChI=1S/C30H36FN5O5S/c1-20-16-24(36-23(19-34(3)4)8-9-27(36)37)17-21(2)26(20)10-15-42(39,40)35-13-11-30(12-14-35)29(38)32-28(33-30)22-6-5-7-25(18-22)41-31/h5-7,10,15-18,23H,8-9,11-14,19H2,1-4H3,(H,32,33,38)/b15-10+/t23-/m1/s1. The number of aryl methyl sites for hydroxylation is 2. The first kappa shape index (κ1) is 29.9. The molecule has 12 heteroatoms. The number of amidine groups is 1. The largest absolute Gasteiger partial charge is 0.308 e. The summed E-state index contributed by atoms with van der Waals surface area (Å²) in [5.41, 5.74) is 2.81. The van der Waals surface area contributed by atoms with Gasteiger partial charge in [0.2, 0.25) is 15.9 Å². The van der Waals surface area contributed by atoms with Crippen LogP contribution >= 0.6 is 0 Å². The molecule has 42 heavy (non-hydrogen) atoms. The zero-order valence-electron chi connectivity index (χ0n) is 24.3. The number of anilines is 1. The van der Waals surface area contributed by atoms with Crippen LogP contribution in [0.3, 0.4) is 0 Å². The quantitative estimate of drug-likeness (QED) is 0.500. The molecule has 0 bridgehead atoms. The van der Waals surface area contributed by atoms with E-state index in [2.05, 4.69) is 20.2 Å². The van der Waals surface area contributed by atoms with Crippen LogP contribution < -0.4 is 15.2 Å². The number of amides is 2. The maximum Gasteiger partial charge on any atom is 0.253 e. The highest BCUT2D eigenvalue weighted by atomic mass is 32.2. The second-order valence-corrected chi connectivity index (χ2v) is 13.3. The van der Waals surface area contributed by atoms with Crippen LogP contribution in [0.15, 0.2) is 46.8 Å². The van der Waals surface area contributed by atoms with Crippen LogP contribution in [0.4, 0.5) is 10.2 Å². The van der Waals surface area contributed by atoms with E-state index in [-0.39, 0.29) is 49.5 Å². The first-order valence-electron chi connectivity index (χ1n) is 14.0. The van der Waals surface area contributed by atoms with Gasteiger partial charge in [-0.1, -0.05) is 12.1 Å². The minimum Gasteiger partial charge on any atom is -0.308 e. The van der Waals surface area contributed by atoms with Crippen molar-refractivity contribution in [2.24, 2.45) is 4.99 Å². The predicted molar refractivity (Wildman–Crippen MR) is 159 cm³/mol. The number of piperidine rings is 1. The van der Waals surface area contributed by atoms with E-state index in [4.69, 9.17) is 0 Å². The summed E-state index contributed by atoms with van der Waals surface area (Å²) >= 11 is 0. The number of hydrogen-bond acceptors (Lipinski definition) is 7. The molecule has 0 saturated carbocycles. The molecule has 0 unspecified atom stereocenters. The number of likely N-dealkylation sites (N-methyl/N-ethyl adjacent to an activating group) is 1. The molecule has 2 amide bonds. The Labute approximate surface area is 245 Å². The molecule has 3 aliphatic rings. The number of benzene rings is 2. The fraction of sp³-hybridized carbons (Fsp3) is 0.433. The van der Waals surface area contributed by atoms with Gasteiger partial charge in [-0.25, -0.2) is 8.42 Å². The summed E-state index contributed by atoms with van der Waals surface area (Å²) in [7, 11) is 0.218. The minimum absolute atomic E-state index is 0.00346. The summed E-state index contributed by atoms with van der Waals surface area (Å²) in [6, 6.07) is 10.2. The van der Waals surface area contributed by atoms with Crippen LogP contribution in [0.2, 0.25) is 0 Å². The van der Waals surface area contributed by atoms with Gasteiger partial charge in [0.25, 0.3) is 5.91 Å². The van der Waals surface area contributed by atoms with E-state index in [0.717, 1.165) is 35.3 Å². The van der Waals surface area contributed by atoms with Gasteiger partial charge in [-0.3, -0.25) is 19.5 Å².